The van der Waals surface area contributed by atoms with Gasteiger partial charge in [-0.15, -0.1) is 0 Å². The molecule has 0 amide bonds. The van der Waals surface area contributed by atoms with Gasteiger partial charge in [0, 0.05) is 18.2 Å². The van der Waals surface area contributed by atoms with E-state index in [1.807, 2.05) is 27.7 Å². The first-order valence-electron chi connectivity index (χ1n) is 11.9. The van der Waals surface area contributed by atoms with Crippen molar-refractivity contribution >= 4 is 17.6 Å². The van der Waals surface area contributed by atoms with E-state index >= 15 is 0 Å². The number of benzene rings is 1. The van der Waals surface area contributed by atoms with Crippen molar-refractivity contribution in [2.75, 3.05) is 17.2 Å². The third kappa shape index (κ3) is 8.00. The van der Waals surface area contributed by atoms with Crippen LogP contribution >= 0.6 is 0 Å². The molecule has 0 fully saturated rings. The van der Waals surface area contributed by atoms with E-state index < -0.39 is 17.3 Å². The number of carbonyl (C=O) groups excluding carboxylic acids is 1. The molecule has 0 aliphatic carbocycles. The highest BCUT2D eigenvalue weighted by Crippen LogP contribution is 2.39. The zero-order valence-corrected chi connectivity index (χ0v) is 20.5. The van der Waals surface area contributed by atoms with Crippen LogP contribution in [0.15, 0.2) is 30.6 Å². The van der Waals surface area contributed by atoms with Crippen LogP contribution in [0.5, 0.6) is 5.75 Å². The summed E-state index contributed by atoms with van der Waals surface area (Å²) in [6.07, 6.45) is 1.71. The van der Waals surface area contributed by atoms with Crippen molar-refractivity contribution in [3.63, 3.8) is 0 Å². The van der Waals surface area contributed by atoms with Crippen LogP contribution in [0.3, 0.4) is 0 Å². The lowest BCUT2D eigenvalue weighted by Gasteiger charge is -2.33. The molecule has 2 aromatic rings. The highest BCUT2D eigenvalue weighted by atomic mass is 19.4. The number of carbonyl (C=O) groups is 1. The lowest BCUT2D eigenvalue weighted by atomic mass is 9.90. The van der Waals surface area contributed by atoms with Gasteiger partial charge in [-0.2, -0.15) is 13.2 Å². The number of hydrogen-bond acceptors (Lipinski definition) is 7. The molecular weight excluding hydrogens is 461 g/mol. The molecule has 0 bridgehead atoms. The number of ether oxygens (including phenoxy) is 2. The molecule has 2 atom stereocenters. The molecule has 1 aromatic heterocycles. The van der Waals surface area contributed by atoms with E-state index in [-0.39, 0.29) is 18.1 Å². The van der Waals surface area contributed by atoms with Crippen molar-refractivity contribution in [3.8, 4) is 5.75 Å². The van der Waals surface area contributed by atoms with E-state index in [1.54, 1.807) is 0 Å². The number of anilines is 2. The zero-order chi connectivity index (χ0) is 25.6. The highest BCUT2D eigenvalue weighted by molar-refractivity contribution is 5.69. The highest BCUT2D eigenvalue weighted by Gasteiger charge is 2.34. The van der Waals surface area contributed by atoms with Gasteiger partial charge in [0.25, 0.3) is 0 Å². The maximum atomic E-state index is 13.3. The van der Waals surface area contributed by atoms with Gasteiger partial charge in [-0.05, 0) is 70.2 Å². The van der Waals surface area contributed by atoms with Gasteiger partial charge < -0.3 is 20.1 Å². The van der Waals surface area contributed by atoms with Crippen molar-refractivity contribution < 1.29 is 27.4 Å². The molecule has 0 unspecified atom stereocenters. The number of nitrogens with one attached hydrogen (secondary N) is 2. The number of nitrogens with zero attached hydrogens (tertiary/aromatic N) is 2. The van der Waals surface area contributed by atoms with E-state index in [0.29, 0.717) is 55.2 Å². The second kappa shape index (κ2) is 11.1. The van der Waals surface area contributed by atoms with Gasteiger partial charge in [0.15, 0.2) is 5.75 Å². The zero-order valence-electron chi connectivity index (χ0n) is 20.5. The molecule has 192 valence electrons. The second-order valence-corrected chi connectivity index (χ2v) is 9.62. The minimum Gasteiger partial charge on any atom is -0.490 e. The minimum atomic E-state index is -4.41. The van der Waals surface area contributed by atoms with Crippen molar-refractivity contribution in [3.05, 3.63) is 41.7 Å². The molecule has 1 aliphatic heterocycles. The quantitative estimate of drug-likeness (QED) is 0.320. The van der Waals surface area contributed by atoms with Crippen LogP contribution in [-0.4, -0.2) is 34.2 Å². The topological polar surface area (TPSA) is 85.4 Å². The number of unbranched alkanes of at least 4 members (excludes halogenated alkanes) is 1. The molecule has 1 aromatic carbocycles. The van der Waals surface area contributed by atoms with Gasteiger partial charge in [-0.3, -0.25) is 4.79 Å². The Bertz CT molecular complexity index is 991. The Kier molecular flexibility index (Phi) is 8.45. The third-order valence-electron chi connectivity index (χ3n) is 5.52. The van der Waals surface area contributed by atoms with Crippen molar-refractivity contribution in [1.82, 2.24) is 9.97 Å². The lowest BCUT2D eigenvalue weighted by molar-refractivity contribution is -0.155. The molecular formula is C25H33F3N4O3. The fourth-order valence-corrected chi connectivity index (χ4v) is 3.83. The number of esters is 1. The first-order valence-corrected chi connectivity index (χ1v) is 11.9. The van der Waals surface area contributed by atoms with Crippen molar-refractivity contribution in [2.45, 2.75) is 83.7 Å². The van der Waals surface area contributed by atoms with Crippen LogP contribution < -0.4 is 15.4 Å². The number of rotatable bonds is 9. The second-order valence-electron chi connectivity index (χ2n) is 9.62. The number of halogens is 3. The first kappa shape index (κ1) is 26.6. The molecule has 2 heterocycles. The number of fused-ring (bicyclic) bond motifs is 1. The average Bonchev–Trinajstić information content (AvgIpc) is 2.77. The maximum Gasteiger partial charge on any atom is 0.416 e. The monoisotopic (exact) mass is 494 g/mol. The summed E-state index contributed by atoms with van der Waals surface area (Å²) in [5.74, 6) is 0.556. The molecule has 2 N–H and O–H groups in total. The van der Waals surface area contributed by atoms with E-state index in [2.05, 4.69) is 20.6 Å². The van der Waals surface area contributed by atoms with Crippen LogP contribution in [-0.2, 0) is 15.7 Å². The SMILES string of the molecule is CC[C@@H]1C[C@H](Nc2ncc(OCCCCC(=O)OC(C)(C)C)cn2)c2cc(C(F)(F)F)ccc2N1. The van der Waals surface area contributed by atoms with Crippen molar-refractivity contribution in [1.29, 1.82) is 0 Å². The van der Waals surface area contributed by atoms with E-state index in [9.17, 15) is 18.0 Å². The van der Waals surface area contributed by atoms with E-state index in [1.165, 1.54) is 24.5 Å². The van der Waals surface area contributed by atoms with Gasteiger partial charge in [0.2, 0.25) is 5.95 Å². The van der Waals surface area contributed by atoms with Gasteiger partial charge in [-0.1, -0.05) is 6.92 Å². The molecule has 0 radical (unpaired) electrons. The maximum absolute atomic E-state index is 13.3. The molecule has 0 saturated carbocycles. The van der Waals surface area contributed by atoms with Gasteiger partial charge >= 0.3 is 12.1 Å². The molecule has 0 spiro atoms. The Morgan fingerprint density at radius 2 is 1.89 bits per heavy atom. The lowest BCUT2D eigenvalue weighted by Crippen LogP contribution is -2.31. The molecule has 10 heteroatoms. The summed E-state index contributed by atoms with van der Waals surface area (Å²) in [5.41, 5.74) is 0.0455. The molecule has 3 rings (SSSR count). The summed E-state index contributed by atoms with van der Waals surface area (Å²) in [7, 11) is 0. The minimum absolute atomic E-state index is 0.125. The summed E-state index contributed by atoms with van der Waals surface area (Å²) >= 11 is 0. The standard InChI is InChI=1S/C25H33F3N4O3/c1-5-17-13-21(19-12-16(25(26,27)28)9-10-20(19)31-17)32-23-29-14-18(15-30-23)34-11-7-6-8-22(33)35-24(2,3)4/h9-10,12,14-15,17,21,31H,5-8,11,13H2,1-4H3,(H,29,30,32)/t17-,21+/m1/s1. The van der Waals surface area contributed by atoms with Crippen LogP contribution in [0.1, 0.15) is 77.0 Å². The summed E-state index contributed by atoms with van der Waals surface area (Å²) in [6.45, 7) is 7.92. The predicted molar refractivity (Wildman–Crippen MR) is 127 cm³/mol. The Labute approximate surface area is 203 Å². The van der Waals surface area contributed by atoms with Gasteiger partial charge in [0.05, 0.1) is 30.6 Å². The predicted octanol–water partition coefficient (Wildman–Crippen LogP) is 6.13. The number of alkyl halides is 3. The molecule has 7 nitrogen and oxygen atoms in total. The Morgan fingerprint density at radius 1 is 1.17 bits per heavy atom. The first-order chi connectivity index (χ1) is 16.4. The number of hydrogen-bond donors (Lipinski definition) is 2. The summed E-state index contributed by atoms with van der Waals surface area (Å²) in [6, 6.07) is 3.52. The summed E-state index contributed by atoms with van der Waals surface area (Å²) < 4.78 is 50.7. The van der Waals surface area contributed by atoms with Crippen LogP contribution in [0.2, 0.25) is 0 Å². The van der Waals surface area contributed by atoms with E-state index in [4.69, 9.17) is 9.47 Å². The van der Waals surface area contributed by atoms with Crippen LogP contribution in [0, 0.1) is 0 Å². The fourth-order valence-electron chi connectivity index (χ4n) is 3.83. The third-order valence-corrected chi connectivity index (χ3v) is 5.52. The molecule has 0 saturated heterocycles. The molecule has 35 heavy (non-hydrogen) atoms. The summed E-state index contributed by atoms with van der Waals surface area (Å²) in [5, 5.41) is 6.48. The van der Waals surface area contributed by atoms with E-state index in [0.717, 1.165) is 12.5 Å². The normalized spacial score (nSPS) is 17.8. The van der Waals surface area contributed by atoms with Gasteiger partial charge in [-0.25, -0.2) is 9.97 Å². The Balaban J connectivity index is 1.55. The Morgan fingerprint density at radius 3 is 2.51 bits per heavy atom. The number of aromatic nitrogens is 2. The van der Waals surface area contributed by atoms with Crippen LogP contribution in [0.25, 0.3) is 0 Å². The van der Waals surface area contributed by atoms with Gasteiger partial charge in [0.1, 0.15) is 5.60 Å². The average molecular weight is 495 g/mol. The molecule has 1 aliphatic rings. The van der Waals surface area contributed by atoms with Crippen LogP contribution in [0.4, 0.5) is 24.8 Å². The smallest absolute Gasteiger partial charge is 0.416 e. The largest absolute Gasteiger partial charge is 0.490 e. The van der Waals surface area contributed by atoms with Crippen molar-refractivity contribution in [2.24, 2.45) is 0 Å². The fraction of sp³-hybridized carbons (Fsp3) is 0.560. The Hall–Kier alpha value is -3.04. The summed E-state index contributed by atoms with van der Waals surface area (Å²) in [4.78, 5) is 20.3.